The minimum atomic E-state index is -0.175. The van der Waals surface area contributed by atoms with E-state index in [-0.39, 0.29) is 5.92 Å². The van der Waals surface area contributed by atoms with Gasteiger partial charge >= 0.3 is 0 Å². The Morgan fingerprint density at radius 2 is 1.29 bits per heavy atom. The number of allylic oxidation sites excluding steroid dienone is 4. The minimum Gasteiger partial charge on any atom is -0.344 e. The Balaban J connectivity index is 1.21. The molecule has 0 amide bonds. The van der Waals surface area contributed by atoms with E-state index >= 15 is 0 Å². The Hall–Kier alpha value is -7.13. The van der Waals surface area contributed by atoms with Gasteiger partial charge in [-0.2, -0.15) is 15.8 Å². The highest BCUT2D eigenvalue weighted by molar-refractivity contribution is 6.09. The van der Waals surface area contributed by atoms with Crippen LogP contribution in [0.3, 0.4) is 0 Å². The molecule has 5 nitrogen and oxygen atoms in total. The molecule has 6 aromatic carbocycles. The highest BCUT2D eigenvalue weighted by Gasteiger charge is 2.21. The van der Waals surface area contributed by atoms with Gasteiger partial charge in [0.25, 0.3) is 0 Å². The van der Waals surface area contributed by atoms with Gasteiger partial charge in [-0.25, -0.2) is 0 Å². The number of para-hydroxylation sites is 3. The van der Waals surface area contributed by atoms with E-state index in [4.69, 9.17) is 0 Å². The van der Waals surface area contributed by atoms with Gasteiger partial charge in [-0.15, -0.1) is 0 Å². The zero-order valence-electron chi connectivity index (χ0n) is 28.0. The van der Waals surface area contributed by atoms with Crippen LogP contribution in [-0.2, 0) is 0 Å². The molecular weight excluding hydrogens is 623 g/mol. The number of anilines is 2. The number of nitriles is 3. The summed E-state index contributed by atoms with van der Waals surface area (Å²) in [6, 6.07) is 52.3. The van der Waals surface area contributed by atoms with Crippen LogP contribution < -0.4 is 4.90 Å². The van der Waals surface area contributed by atoms with E-state index in [0.717, 1.165) is 61.5 Å². The largest absolute Gasteiger partial charge is 0.344 e. The lowest BCUT2D eigenvalue weighted by Gasteiger charge is -2.27. The highest BCUT2D eigenvalue weighted by Crippen LogP contribution is 2.42. The summed E-state index contributed by atoms with van der Waals surface area (Å²) in [5, 5.41) is 32.3. The molecule has 0 spiro atoms. The van der Waals surface area contributed by atoms with Crippen LogP contribution in [0.25, 0.3) is 55.3 Å². The topological polar surface area (TPSA) is 79.5 Å². The van der Waals surface area contributed by atoms with Crippen LogP contribution in [-0.4, -0.2) is 11.6 Å². The fourth-order valence-corrected chi connectivity index (χ4v) is 7.30. The molecule has 0 bridgehead atoms. The predicted octanol–water partition coefficient (Wildman–Crippen LogP) is 11.1. The fraction of sp³-hybridized carbons (Fsp3) is 0.0652. The zero-order chi connectivity index (χ0) is 34.9. The fourth-order valence-electron chi connectivity index (χ4n) is 7.30. The molecule has 1 aliphatic rings. The second-order valence-corrected chi connectivity index (χ2v) is 12.7. The van der Waals surface area contributed by atoms with Crippen LogP contribution >= 0.6 is 0 Å². The standard InChI is InChI=1S/C46H31N5/c1-50(43-14-5-2-11-38(43)35-10-8-9-31(25-35)28-47)44-24-17-32(29-48)26-42(44)41-27-34(18-19-36(41)30-49)33-20-22-37(23-21-33)51-45-15-6-3-12-39(45)40-13-4-7-16-46(40)51/h2-24,26-27,31H,25H2,1H3. The number of aromatic nitrogens is 1. The first-order valence-electron chi connectivity index (χ1n) is 16.9. The molecule has 1 aromatic heterocycles. The van der Waals surface area contributed by atoms with E-state index in [1.54, 1.807) is 0 Å². The quantitative estimate of drug-likeness (QED) is 0.179. The van der Waals surface area contributed by atoms with Gasteiger partial charge in [-0.3, -0.25) is 0 Å². The average molecular weight is 654 g/mol. The van der Waals surface area contributed by atoms with Gasteiger partial charge in [-0.1, -0.05) is 91.0 Å². The van der Waals surface area contributed by atoms with Crippen LogP contribution in [0.1, 0.15) is 23.1 Å². The van der Waals surface area contributed by atoms with Crippen molar-refractivity contribution in [2.45, 2.75) is 6.42 Å². The van der Waals surface area contributed by atoms with Crippen LogP contribution in [0, 0.1) is 39.9 Å². The van der Waals surface area contributed by atoms with Crippen LogP contribution in [0.4, 0.5) is 11.4 Å². The van der Waals surface area contributed by atoms with E-state index in [2.05, 4.69) is 125 Å². The van der Waals surface area contributed by atoms with Gasteiger partial charge in [0.2, 0.25) is 0 Å². The molecule has 0 aliphatic heterocycles. The van der Waals surface area contributed by atoms with Crippen molar-refractivity contribution in [3.63, 3.8) is 0 Å². The summed E-state index contributed by atoms with van der Waals surface area (Å²) in [4.78, 5) is 2.11. The second kappa shape index (κ2) is 13.1. The summed E-state index contributed by atoms with van der Waals surface area (Å²) in [7, 11) is 2.01. The number of rotatable bonds is 6. The lowest BCUT2D eigenvalue weighted by molar-refractivity contribution is 0.852. The summed E-state index contributed by atoms with van der Waals surface area (Å²) < 4.78 is 2.30. The van der Waals surface area contributed by atoms with Crippen LogP contribution in [0.15, 0.2) is 152 Å². The molecule has 8 rings (SSSR count). The first-order valence-corrected chi connectivity index (χ1v) is 16.9. The monoisotopic (exact) mass is 653 g/mol. The summed E-state index contributed by atoms with van der Waals surface area (Å²) >= 11 is 0. The van der Waals surface area contributed by atoms with Crippen molar-refractivity contribution in [2.24, 2.45) is 5.92 Å². The smallest absolute Gasteiger partial charge is 0.0998 e. The third-order valence-electron chi connectivity index (χ3n) is 9.81. The second-order valence-electron chi connectivity index (χ2n) is 12.7. The molecule has 0 saturated carbocycles. The molecule has 240 valence electrons. The first kappa shape index (κ1) is 31.2. The lowest BCUT2D eigenvalue weighted by atomic mass is 9.89. The van der Waals surface area contributed by atoms with Gasteiger partial charge in [0.15, 0.2) is 0 Å². The molecule has 1 heterocycles. The van der Waals surface area contributed by atoms with Crippen molar-refractivity contribution in [2.75, 3.05) is 11.9 Å². The molecule has 1 aliphatic carbocycles. The predicted molar refractivity (Wildman–Crippen MR) is 206 cm³/mol. The molecule has 0 N–H and O–H groups in total. The van der Waals surface area contributed by atoms with Crippen molar-refractivity contribution in [1.82, 2.24) is 4.57 Å². The summed E-state index contributed by atoms with van der Waals surface area (Å²) in [5.41, 5.74) is 11.9. The maximum atomic E-state index is 10.3. The SMILES string of the molecule is CN(c1ccccc1C1=CC=CC(C#N)C1)c1ccc(C#N)cc1-c1cc(-c2ccc(-n3c4ccccc4c4ccccc43)cc2)ccc1C#N. The third kappa shape index (κ3) is 5.52. The maximum absolute atomic E-state index is 10.3. The number of benzene rings is 6. The van der Waals surface area contributed by atoms with Crippen molar-refractivity contribution in [1.29, 1.82) is 15.8 Å². The summed E-state index contributed by atoms with van der Waals surface area (Å²) in [6.45, 7) is 0. The number of nitrogens with zero attached hydrogens (tertiary/aromatic N) is 5. The minimum absolute atomic E-state index is 0.175. The molecule has 0 fully saturated rings. The molecule has 1 atom stereocenters. The summed E-state index contributed by atoms with van der Waals surface area (Å²) in [5.74, 6) is -0.175. The number of fused-ring (bicyclic) bond motifs is 3. The van der Waals surface area contributed by atoms with Gasteiger partial charge in [0, 0.05) is 51.6 Å². The Morgan fingerprint density at radius 1 is 0.627 bits per heavy atom. The molecule has 7 aromatic rings. The number of hydrogen-bond donors (Lipinski definition) is 0. The summed E-state index contributed by atoms with van der Waals surface area (Å²) in [6.07, 6.45) is 6.60. The van der Waals surface area contributed by atoms with Gasteiger partial charge in [0.05, 0.1) is 46.3 Å². The Labute approximate surface area is 297 Å². The lowest BCUT2D eigenvalue weighted by Crippen LogP contribution is -2.14. The first-order chi connectivity index (χ1) is 25.1. The third-order valence-corrected chi connectivity index (χ3v) is 9.81. The Morgan fingerprint density at radius 3 is 2.00 bits per heavy atom. The van der Waals surface area contributed by atoms with E-state index in [1.807, 2.05) is 61.7 Å². The average Bonchev–Trinajstić information content (AvgIpc) is 3.54. The van der Waals surface area contributed by atoms with Crippen molar-refractivity contribution in [3.8, 4) is 46.1 Å². The molecule has 0 radical (unpaired) electrons. The van der Waals surface area contributed by atoms with Crippen molar-refractivity contribution >= 4 is 38.8 Å². The van der Waals surface area contributed by atoms with E-state index in [9.17, 15) is 15.8 Å². The molecule has 51 heavy (non-hydrogen) atoms. The normalized spacial score (nSPS) is 13.7. The molecule has 1 unspecified atom stereocenters. The van der Waals surface area contributed by atoms with E-state index < -0.39 is 0 Å². The van der Waals surface area contributed by atoms with Gasteiger partial charge in [0.1, 0.15) is 0 Å². The Bertz CT molecular complexity index is 2620. The highest BCUT2D eigenvalue weighted by atomic mass is 15.1. The molecule has 0 saturated heterocycles. The van der Waals surface area contributed by atoms with Crippen molar-refractivity contribution in [3.05, 3.63) is 168 Å². The molecular formula is C46H31N5. The maximum Gasteiger partial charge on any atom is 0.0998 e. The zero-order valence-corrected chi connectivity index (χ0v) is 28.0. The number of hydrogen-bond acceptors (Lipinski definition) is 4. The van der Waals surface area contributed by atoms with Crippen LogP contribution in [0.2, 0.25) is 0 Å². The van der Waals surface area contributed by atoms with Gasteiger partial charge in [-0.05, 0) is 83.8 Å². The van der Waals surface area contributed by atoms with Crippen LogP contribution in [0.5, 0.6) is 0 Å². The van der Waals surface area contributed by atoms with Gasteiger partial charge < -0.3 is 9.47 Å². The van der Waals surface area contributed by atoms with Crippen molar-refractivity contribution < 1.29 is 0 Å². The van der Waals surface area contributed by atoms with E-state index in [0.29, 0.717) is 17.5 Å². The molecule has 5 heteroatoms. The Kier molecular flexibility index (Phi) is 7.98. The van der Waals surface area contributed by atoms with E-state index in [1.165, 1.54) is 10.8 Å².